The lowest BCUT2D eigenvalue weighted by molar-refractivity contribution is 0.104. The lowest BCUT2D eigenvalue weighted by Crippen LogP contribution is -2.02. The van der Waals surface area contributed by atoms with Gasteiger partial charge in [-0.15, -0.1) is 11.3 Å². The van der Waals surface area contributed by atoms with Crippen molar-refractivity contribution in [1.82, 2.24) is 0 Å². The number of carbonyl (C=O) groups is 1. The van der Waals surface area contributed by atoms with Crippen molar-refractivity contribution in [3.05, 3.63) is 95.1 Å². The summed E-state index contributed by atoms with van der Waals surface area (Å²) in [6.45, 7) is 4.11. The van der Waals surface area contributed by atoms with E-state index in [2.05, 4.69) is 37.3 Å². The summed E-state index contributed by atoms with van der Waals surface area (Å²) >= 11 is 1.69. The molecule has 0 unspecified atom stereocenters. The van der Waals surface area contributed by atoms with Gasteiger partial charge in [0.05, 0.1) is 0 Å². The van der Waals surface area contributed by atoms with E-state index in [-0.39, 0.29) is 5.78 Å². The van der Waals surface area contributed by atoms with Crippen LogP contribution < -0.4 is 0 Å². The van der Waals surface area contributed by atoms with Crippen molar-refractivity contribution in [3.63, 3.8) is 0 Å². The van der Waals surface area contributed by atoms with Gasteiger partial charge in [0.25, 0.3) is 0 Å². The van der Waals surface area contributed by atoms with Gasteiger partial charge in [0, 0.05) is 26.1 Å². The summed E-state index contributed by atoms with van der Waals surface area (Å²) in [6.07, 6.45) is 0. The molecule has 0 radical (unpaired) electrons. The largest absolute Gasteiger partial charge is 0.289 e. The monoisotopic (exact) mass is 342 g/mol. The molecule has 0 N–H and O–H groups in total. The van der Waals surface area contributed by atoms with E-state index in [0.29, 0.717) is 0 Å². The van der Waals surface area contributed by atoms with Crippen LogP contribution in [0.25, 0.3) is 20.5 Å². The van der Waals surface area contributed by atoms with Gasteiger partial charge >= 0.3 is 0 Å². The molecule has 25 heavy (non-hydrogen) atoms. The van der Waals surface area contributed by atoms with Gasteiger partial charge in [0.15, 0.2) is 5.78 Å². The number of hydrogen-bond acceptors (Lipinski definition) is 2. The average Bonchev–Trinajstić information content (AvgIpc) is 3.02. The van der Waals surface area contributed by atoms with Gasteiger partial charge in [-0.2, -0.15) is 0 Å². The second kappa shape index (κ2) is 6.30. The predicted molar refractivity (Wildman–Crippen MR) is 107 cm³/mol. The average molecular weight is 342 g/mol. The summed E-state index contributed by atoms with van der Waals surface area (Å²) in [4.78, 5) is 14.3. The van der Waals surface area contributed by atoms with Crippen LogP contribution in [0.5, 0.6) is 0 Å². The minimum Gasteiger partial charge on any atom is -0.289 e. The SMILES string of the molecule is Cc1ccc(C(=O)c2c(-c3ccc(C)cc3)sc3ccccc23)cc1. The Hall–Kier alpha value is -2.71. The van der Waals surface area contributed by atoms with Crippen LogP contribution in [0.4, 0.5) is 0 Å². The molecule has 1 heterocycles. The molecule has 2 heteroatoms. The summed E-state index contributed by atoms with van der Waals surface area (Å²) in [7, 11) is 0. The van der Waals surface area contributed by atoms with Crippen LogP contribution in [0.1, 0.15) is 27.0 Å². The maximum Gasteiger partial charge on any atom is 0.195 e. The highest BCUT2D eigenvalue weighted by atomic mass is 32.1. The minimum absolute atomic E-state index is 0.0908. The first-order valence-corrected chi connectivity index (χ1v) is 9.15. The third-order valence-electron chi connectivity index (χ3n) is 4.45. The summed E-state index contributed by atoms with van der Waals surface area (Å²) in [5.74, 6) is 0.0908. The highest BCUT2D eigenvalue weighted by Gasteiger charge is 2.21. The molecule has 0 aliphatic heterocycles. The Morgan fingerprint density at radius 3 is 2.04 bits per heavy atom. The molecule has 0 saturated carbocycles. The first kappa shape index (κ1) is 15.8. The van der Waals surface area contributed by atoms with Crippen LogP contribution in [0.15, 0.2) is 72.8 Å². The van der Waals surface area contributed by atoms with E-state index in [1.54, 1.807) is 11.3 Å². The normalized spacial score (nSPS) is 11.0. The molecular weight excluding hydrogens is 324 g/mol. The number of carbonyl (C=O) groups excluding carboxylic acids is 1. The second-order valence-corrected chi connectivity index (χ2v) is 7.42. The first-order chi connectivity index (χ1) is 12.1. The van der Waals surface area contributed by atoms with E-state index in [1.807, 2.05) is 49.4 Å². The molecule has 0 aliphatic carbocycles. The zero-order valence-electron chi connectivity index (χ0n) is 14.2. The molecule has 4 rings (SSSR count). The van der Waals surface area contributed by atoms with Crippen LogP contribution in [0.3, 0.4) is 0 Å². The number of aryl methyl sites for hydroxylation is 2. The molecule has 0 atom stereocenters. The van der Waals surface area contributed by atoms with Crippen molar-refractivity contribution in [3.8, 4) is 10.4 Å². The lowest BCUT2D eigenvalue weighted by atomic mass is 9.97. The highest BCUT2D eigenvalue weighted by molar-refractivity contribution is 7.22. The molecule has 0 fully saturated rings. The molecule has 122 valence electrons. The Morgan fingerprint density at radius 2 is 1.36 bits per heavy atom. The maximum atomic E-state index is 13.3. The van der Waals surface area contributed by atoms with Gasteiger partial charge in [-0.1, -0.05) is 77.9 Å². The van der Waals surface area contributed by atoms with Crippen LogP contribution >= 0.6 is 11.3 Å². The maximum absolute atomic E-state index is 13.3. The molecule has 0 amide bonds. The zero-order valence-corrected chi connectivity index (χ0v) is 15.1. The van der Waals surface area contributed by atoms with Gasteiger partial charge in [-0.05, 0) is 25.5 Å². The van der Waals surface area contributed by atoms with E-state index in [4.69, 9.17) is 0 Å². The molecule has 0 bridgehead atoms. The Kier molecular flexibility index (Phi) is 3.98. The quantitative estimate of drug-likeness (QED) is 0.393. The standard InChI is InChI=1S/C23H18OS/c1-15-7-11-17(12-8-15)22(24)21-19-5-3-4-6-20(19)25-23(21)18-13-9-16(2)10-14-18/h3-14H,1-2H3. The van der Waals surface area contributed by atoms with Crippen molar-refractivity contribution >= 4 is 27.2 Å². The molecule has 1 nitrogen and oxygen atoms in total. The van der Waals surface area contributed by atoms with Gasteiger partial charge in [0.2, 0.25) is 0 Å². The fourth-order valence-corrected chi connectivity index (χ4v) is 4.23. The molecule has 0 aliphatic rings. The predicted octanol–water partition coefficient (Wildman–Crippen LogP) is 6.42. The number of benzene rings is 3. The van der Waals surface area contributed by atoms with E-state index < -0.39 is 0 Å². The van der Waals surface area contributed by atoms with E-state index in [9.17, 15) is 4.79 Å². The Morgan fingerprint density at radius 1 is 0.760 bits per heavy atom. The van der Waals surface area contributed by atoms with E-state index in [1.165, 1.54) is 5.56 Å². The van der Waals surface area contributed by atoms with Crippen LogP contribution in [-0.2, 0) is 0 Å². The summed E-state index contributed by atoms with van der Waals surface area (Å²) in [5.41, 5.74) is 5.03. The van der Waals surface area contributed by atoms with E-state index in [0.717, 1.165) is 37.2 Å². The molecule has 0 saturated heterocycles. The summed E-state index contributed by atoms with van der Waals surface area (Å²) in [6, 6.07) is 24.4. The highest BCUT2D eigenvalue weighted by Crippen LogP contribution is 2.39. The van der Waals surface area contributed by atoms with Crippen LogP contribution in [0, 0.1) is 13.8 Å². The van der Waals surface area contributed by atoms with Crippen molar-refractivity contribution in [2.45, 2.75) is 13.8 Å². The third kappa shape index (κ3) is 2.90. The minimum atomic E-state index is 0.0908. The number of rotatable bonds is 3. The van der Waals surface area contributed by atoms with Crippen molar-refractivity contribution < 1.29 is 4.79 Å². The molecular formula is C23H18OS. The Labute approximate surface area is 151 Å². The third-order valence-corrected chi connectivity index (χ3v) is 5.67. The fourth-order valence-electron chi connectivity index (χ4n) is 3.03. The van der Waals surface area contributed by atoms with E-state index >= 15 is 0 Å². The Bertz CT molecular complexity index is 1050. The van der Waals surface area contributed by atoms with Crippen LogP contribution in [-0.4, -0.2) is 5.78 Å². The van der Waals surface area contributed by atoms with Crippen molar-refractivity contribution in [2.75, 3.05) is 0 Å². The number of ketones is 1. The second-order valence-electron chi connectivity index (χ2n) is 6.36. The number of hydrogen-bond donors (Lipinski definition) is 0. The van der Waals surface area contributed by atoms with Crippen molar-refractivity contribution in [2.24, 2.45) is 0 Å². The topological polar surface area (TPSA) is 17.1 Å². The lowest BCUT2D eigenvalue weighted by Gasteiger charge is -2.06. The molecule has 4 aromatic rings. The van der Waals surface area contributed by atoms with Gasteiger partial charge in [0.1, 0.15) is 0 Å². The van der Waals surface area contributed by atoms with Gasteiger partial charge in [-0.25, -0.2) is 0 Å². The Balaban J connectivity index is 1.94. The summed E-state index contributed by atoms with van der Waals surface area (Å²) < 4.78 is 1.15. The number of thiophene rings is 1. The summed E-state index contributed by atoms with van der Waals surface area (Å²) in [5, 5.41) is 1.04. The zero-order chi connectivity index (χ0) is 17.4. The number of fused-ring (bicyclic) bond motifs is 1. The first-order valence-electron chi connectivity index (χ1n) is 8.33. The van der Waals surface area contributed by atoms with Gasteiger partial charge < -0.3 is 0 Å². The fraction of sp³-hybridized carbons (Fsp3) is 0.0870. The molecule has 1 aromatic heterocycles. The molecule has 0 spiro atoms. The van der Waals surface area contributed by atoms with Crippen molar-refractivity contribution in [1.29, 1.82) is 0 Å². The smallest absolute Gasteiger partial charge is 0.195 e. The molecule has 3 aromatic carbocycles. The van der Waals surface area contributed by atoms with Crippen LogP contribution in [0.2, 0.25) is 0 Å². The van der Waals surface area contributed by atoms with Gasteiger partial charge in [-0.3, -0.25) is 4.79 Å².